The fraction of sp³-hybridized carbons (Fsp3) is 1.00. The number of quaternary nitrogens is 1. The molecule has 1 rings (SSSR count). The quantitative estimate of drug-likeness (QED) is 0.287. The number of rotatable bonds is 13. The standard InChI is InChI=1S/C16H33NO5S/c1-2-12-21-14-15-22-13-11-17(8-4-3-5-9-17)10-6-7-16-23(18,19)20/h2-16H2,1H3. The van der Waals surface area contributed by atoms with Crippen molar-refractivity contribution < 1.29 is 26.9 Å². The molecule has 23 heavy (non-hydrogen) atoms. The van der Waals surface area contributed by atoms with Gasteiger partial charge in [0.1, 0.15) is 6.54 Å². The summed E-state index contributed by atoms with van der Waals surface area (Å²) in [4.78, 5) is 0. The first-order chi connectivity index (χ1) is 11.0. The molecular formula is C16H33NO5S. The fourth-order valence-electron chi connectivity index (χ4n) is 3.19. The Kier molecular flexibility index (Phi) is 10.3. The van der Waals surface area contributed by atoms with E-state index >= 15 is 0 Å². The maximum Gasteiger partial charge on any atom is 0.102 e. The van der Waals surface area contributed by atoms with E-state index in [2.05, 4.69) is 6.92 Å². The lowest BCUT2D eigenvalue weighted by Gasteiger charge is -2.41. The summed E-state index contributed by atoms with van der Waals surface area (Å²) in [5.74, 6) is -0.238. The average molecular weight is 352 g/mol. The highest BCUT2D eigenvalue weighted by atomic mass is 32.2. The Morgan fingerprint density at radius 2 is 1.57 bits per heavy atom. The summed E-state index contributed by atoms with van der Waals surface area (Å²) in [7, 11) is -4.07. The molecule has 0 bridgehead atoms. The Morgan fingerprint density at radius 3 is 2.17 bits per heavy atom. The van der Waals surface area contributed by atoms with Crippen LogP contribution < -0.4 is 0 Å². The van der Waals surface area contributed by atoms with Gasteiger partial charge in [-0.25, -0.2) is 8.42 Å². The van der Waals surface area contributed by atoms with Crippen molar-refractivity contribution in [3.8, 4) is 0 Å². The summed E-state index contributed by atoms with van der Waals surface area (Å²) in [5.41, 5.74) is 0. The van der Waals surface area contributed by atoms with Crippen LogP contribution in [-0.4, -0.2) is 75.8 Å². The van der Waals surface area contributed by atoms with E-state index in [0.29, 0.717) is 19.6 Å². The van der Waals surface area contributed by atoms with Gasteiger partial charge in [-0.05, 0) is 38.5 Å². The Bertz CT molecular complexity index is 393. The third-order valence-electron chi connectivity index (χ3n) is 4.47. The lowest BCUT2D eigenvalue weighted by atomic mass is 10.1. The minimum absolute atomic E-state index is 0.238. The van der Waals surface area contributed by atoms with Crippen LogP contribution in [0.15, 0.2) is 0 Å². The minimum Gasteiger partial charge on any atom is -0.748 e. The lowest BCUT2D eigenvalue weighted by molar-refractivity contribution is -0.933. The summed E-state index contributed by atoms with van der Waals surface area (Å²) in [6.07, 6.45) is 6.01. The Morgan fingerprint density at radius 1 is 0.913 bits per heavy atom. The van der Waals surface area contributed by atoms with Crippen molar-refractivity contribution in [3.63, 3.8) is 0 Å². The molecule has 0 aliphatic carbocycles. The molecule has 138 valence electrons. The van der Waals surface area contributed by atoms with Crippen LogP contribution in [0.1, 0.15) is 45.4 Å². The highest BCUT2D eigenvalue weighted by molar-refractivity contribution is 7.85. The second kappa shape index (κ2) is 11.4. The molecule has 0 radical (unpaired) electrons. The number of unbranched alkanes of at least 4 members (excludes halogenated alkanes) is 1. The van der Waals surface area contributed by atoms with Crippen LogP contribution in [0.4, 0.5) is 0 Å². The van der Waals surface area contributed by atoms with Crippen molar-refractivity contribution in [2.24, 2.45) is 0 Å². The molecule has 1 aliphatic rings. The topological polar surface area (TPSA) is 75.7 Å². The molecule has 1 aliphatic heterocycles. The zero-order valence-electron chi connectivity index (χ0n) is 14.5. The van der Waals surface area contributed by atoms with Crippen molar-refractivity contribution in [3.05, 3.63) is 0 Å². The molecule has 6 nitrogen and oxygen atoms in total. The molecular weight excluding hydrogens is 318 g/mol. The van der Waals surface area contributed by atoms with Gasteiger partial charge >= 0.3 is 0 Å². The van der Waals surface area contributed by atoms with Gasteiger partial charge in [0.15, 0.2) is 0 Å². The van der Waals surface area contributed by atoms with Gasteiger partial charge in [0.2, 0.25) is 0 Å². The van der Waals surface area contributed by atoms with Crippen molar-refractivity contribution in [1.29, 1.82) is 0 Å². The molecule has 0 aromatic rings. The molecule has 0 N–H and O–H groups in total. The van der Waals surface area contributed by atoms with Crippen molar-refractivity contribution in [2.45, 2.75) is 45.4 Å². The van der Waals surface area contributed by atoms with Gasteiger partial charge in [0.05, 0.1) is 49.6 Å². The van der Waals surface area contributed by atoms with Crippen LogP contribution in [0.3, 0.4) is 0 Å². The highest BCUT2D eigenvalue weighted by Gasteiger charge is 2.28. The summed E-state index contributed by atoms with van der Waals surface area (Å²) in [5, 5.41) is 0. The van der Waals surface area contributed by atoms with E-state index in [1.807, 2.05) is 0 Å². The Balaban J connectivity index is 2.24. The van der Waals surface area contributed by atoms with Gasteiger partial charge in [-0.1, -0.05) is 6.92 Å². The molecule has 0 aromatic carbocycles. The van der Waals surface area contributed by atoms with Crippen LogP contribution in [0, 0.1) is 0 Å². The predicted molar refractivity (Wildman–Crippen MR) is 89.3 cm³/mol. The van der Waals surface area contributed by atoms with E-state index in [1.165, 1.54) is 19.3 Å². The van der Waals surface area contributed by atoms with Crippen molar-refractivity contribution in [1.82, 2.24) is 0 Å². The van der Waals surface area contributed by atoms with Crippen molar-refractivity contribution >= 4 is 10.1 Å². The summed E-state index contributed by atoms with van der Waals surface area (Å²) in [6.45, 7) is 9.07. The monoisotopic (exact) mass is 351 g/mol. The summed E-state index contributed by atoms with van der Waals surface area (Å²) in [6, 6.07) is 0. The zero-order chi connectivity index (χ0) is 17.0. The van der Waals surface area contributed by atoms with E-state index < -0.39 is 10.1 Å². The SMILES string of the molecule is CCCOCCOCC[N+]1(CCCCS(=O)(=O)[O-])CCCCC1. The van der Waals surface area contributed by atoms with Gasteiger partial charge in [0, 0.05) is 12.4 Å². The van der Waals surface area contributed by atoms with Gasteiger partial charge in [-0.15, -0.1) is 0 Å². The van der Waals surface area contributed by atoms with E-state index in [9.17, 15) is 13.0 Å². The lowest BCUT2D eigenvalue weighted by Crippen LogP contribution is -2.53. The number of piperidine rings is 1. The van der Waals surface area contributed by atoms with Gasteiger partial charge in [-0.3, -0.25) is 0 Å². The molecule has 1 saturated heterocycles. The van der Waals surface area contributed by atoms with Crippen LogP contribution in [0.5, 0.6) is 0 Å². The first kappa shape index (κ1) is 20.8. The Labute approximate surface area is 141 Å². The number of hydrogen-bond donors (Lipinski definition) is 0. The molecule has 0 atom stereocenters. The summed E-state index contributed by atoms with van der Waals surface area (Å²) >= 11 is 0. The number of hydrogen-bond acceptors (Lipinski definition) is 5. The normalized spacial score (nSPS) is 18.2. The van der Waals surface area contributed by atoms with Gasteiger partial charge in [0.25, 0.3) is 0 Å². The predicted octanol–water partition coefficient (Wildman–Crippen LogP) is 1.76. The fourth-order valence-corrected chi connectivity index (χ4v) is 3.75. The molecule has 0 unspecified atom stereocenters. The van der Waals surface area contributed by atoms with Crippen LogP contribution in [0.2, 0.25) is 0 Å². The van der Waals surface area contributed by atoms with Crippen LogP contribution >= 0.6 is 0 Å². The second-order valence-electron chi connectivity index (χ2n) is 6.49. The third kappa shape index (κ3) is 10.3. The summed E-state index contributed by atoms with van der Waals surface area (Å²) < 4.78 is 44.2. The Hall–Kier alpha value is -0.210. The van der Waals surface area contributed by atoms with E-state index in [1.54, 1.807) is 0 Å². The zero-order valence-corrected chi connectivity index (χ0v) is 15.3. The molecule has 0 saturated carbocycles. The second-order valence-corrected chi connectivity index (χ2v) is 8.01. The maximum absolute atomic E-state index is 10.7. The number of ether oxygens (including phenoxy) is 2. The molecule has 1 heterocycles. The molecule has 0 spiro atoms. The van der Waals surface area contributed by atoms with Gasteiger partial charge in [-0.2, -0.15) is 0 Å². The first-order valence-corrected chi connectivity index (χ1v) is 10.5. The maximum atomic E-state index is 10.7. The smallest absolute Gasteiger partial charge is 0.102 e. The molecule has 7 heteroatoms. The van der Waals surface area contributed by atoms with Gasteiger partial charge < -0.3 is 18.5 Å². The third-order valence-corrected chi connectivity index (χ3v) is 5.26. The van der Waals surface area contributed by atoms with Crippen LogP contribution in [-0.2, 0) is 19.6 Å². The number of nitrogens with zero attached hydrogens (tertiary/aromatic N) is 1. The van der Waals surface area contributed by atoms with E-state index in [4.69, 9.17) is 9.47 Å². The van der Waals surface area contributed by atoms with Crippen molar-refractivity contribution in [2.75, 3.05) is 58.4 Å². The first-order valence-electron chi connectivity index (χ1n) is 8.92. The molecule has 0 amide bonds. The van der Waals surface area contributed by atoms with Crippen LogP contribution in [0.25, 0.3) is 0 Å². The minimum atomic E-state index is -4.07. The molecule has 0 aromatic heterocycles. The number of likely N-dealkylation sites (tertiary alicyclic amines) is 1. The largest absolute Gasteiger partial charge is 0.748 e. The highest BCUT2D eigenvalue weighted by Crippen LogP contribution is 2.20. The van der Waals surface area contributed by atoms with E-state index in [0.717, 1.165) is 56.7 Å². The molecule has 1 fully saturated rings. The average Bonchev–Trinajstić information content (AvgIpc) is 2.51. The van der Waals surface area contributed by atoms with E-state index in [-0.39, 0.29) is 5.75 Å².